The normalized spacial score (nSPS) is 11.7. The van der Waals surface area contributed by atoms with Gasteiger partial charge in [0.1, 0.15) is 10.0 Å². The van der Waals surface area contributed by atoms with Crippen LogP contribution >= 0.6 is 34.8 Å². The summed E-state index contributed by atoms with van der Waals surface area (Å²) in [6.45, 7) is 1.45. The van der Waals surface area contributed by atoms with E-state index in [1.165, 1.54) is 11.8 Å². The van der Waals surface area contributed by atoms with Crippen molar-refractivity contribution >= 4 is 58.1 Å². The molecule has 0 aliphatic rings. The number of nitrogens with zero attached hydrogens (tertiary/aromatic N) is 1. The van der Waals surface area contributed by atoms with Gasteiger partial charge in [0.05, 0.1) is 5.69 Å². The van der Waals surface area contributed by atoms with E-state index in [1.807, 2.05) is 6.07 Å². The van der Waals surface area contributed by atoms with Crippen molar-refractivity contribution in [2.45, 2.75) is 13.0 Å². The summed E-state index contributed by atoms with van der Waals surface area (Å²) in [6, 6.07) is 8.94. The third-order valence-electron chi connectivity index (χ3n) is 3.43. The summed E-state index contributed by atoms with van der Waals surface area (Å²) < 4.78 is 5.17. The van der Waals surface area contributed by atoms with Crippen LogP contribution in [-0.4, -0.2) is 25.0 Å². The fourth-order valence-corrected chi connectivity index (χ4v) is 2.64. The lowest BCUT2D eigenvalue weighted by atomic mass is 10.2. The van der Waals surface area contributed by atoms with Crippen LogP contribution in [0.1, 0.15) is 17.4 Å². The van der Waals surface area contributed by atoms with Crippen molar-refractivity contribution in [3.05, 3.63) is 51.2 Å². The van der Waals surface area contributed by atoms with Crippen LogP contribution in [0.2, 0.25) is 15.2 Å². The highest BCUT2D eigenvalue weighted by atomic mass is 35.5. The molecule has 9 heteroatoms. The standard InChI is InChI=1S/C16H14Cl3N3O3/c1-8(15(23)22(2)9-6-4-3-5-7-9)25-16(24)13-10(17)12(20)11(18)14(19)21-13/h3-8H,1-2H3,(H2,20,21)/p+1/t8-/m0/s1. The number of hydrogen-bond acceptors (Lipinski definition) is 4. The number of para-hydroxylation sites is 1. The molecular weight excluding hydrogens is 389 g/mol. The van der Waals surface area contributed by atoms with Gasteiger partial charge in [-0.2, -0.15) is 4.98 Å². The lowest BCUT2D eigenvalue weighted by Gasteiger charge is -2.21. The van der Waals surface area contributed by atoms with Crippen LogP contribution < -0.4 is 15.6 Å². The Balaban J connectivity index is 2.17. The number of esters is 1. The van der Waals surface area contributed by atoms with Crippen molar-refractivity contribution in [3.8, 4) is 0 Å². The summed E-state index contributed by atoms with van der Waals surface area (Å²) in [5.41, 5.74) is 6.11. The number of anilines is 2. The highest BCUT2D eigenvalue weighted by Crippen LogP contribution is 2.32. The topological polar surface area (TPSA) is 86.8 Å². The van der Waals surface area contributed by atoms with Gasteiger partial charge in [0.2, 0.25) is 0 Å². The largest absolute Gasteiger partial charge is 0.445 e. The molecule has 0 bridgehead atoms. The maximum Gasteiger partial charge on any atom is 0.406 e. The number of likely N-dealkylation sites (N-methyl/N-ethyl adjacent to an activating group) is 1. The summed E-state index contributed by atoms with van der Waals surface area (Å²) in [6.07, 6.45) is -1.06. The molecule has 0 fully saturated rings. The molecular formula is C16H15Cl3N3O3+. The maximum absolute atomic E-state index is 12.4. The molecule has 3 N–H and O–H groups in total. The molecule has 6 nitrogen and oxygen atoms in total. The quantitative estimate of drug-likeness (QED) is 0.627. The lowest BCUT2D eigenvalue weighted by Crippen LogP contribution is -2.38. The first-order valence-electron chi connectivity index (χ1n) is 7.12. The number of hydrogen-bond donors (Lipinski definition) is 1. The summed E-state index contributed by atoms with van der Waals surface area (Å²) in [7, 11) is 1.58. The SMILES string of the molecule is C[C@H](OC(=O)c1[nH+]c(Cl)c(Cl)c(N)c1Cl)C(=O)N(C)c1ccccc1. The third-order valence-corrected chi connectivity index (χ3v) is 4.60. The Bertz CT molecular complexity index is 815. The molecule has 0 spiro atoms. The van der Waals surface area contributed by atoms with Crippen LogP contribution in [0.25, 0.3) is 0 Å². The first kappa shape index (κ1) is 19.3. The number of pyridine rings is 1. The Kier molecular flexibility index (Phi) is 6.11. The molecule has 25 heavy (non-hydrogen) atoms. The summed E-state index contributed by atoms with van der Waals surface area (Å²) in [5.74, 6) is -1.29. The number of nitrogen functional groups attached to an aromatic ring is 1. The Morgan fingerprint density at radius 1 is 1.16 bits per heavy atom. The number of rotatable bonds is 4. The summed E-state index contributed by atoms with van der Waals surface area (Å²) in [5, 5.41) is -0.192. The van der Waals surface area contributed by atoms with E-state index in [-0.39, 0.29) is 26.6 Å². The van der Waals surface area contributed by atoms with E-state index in [4.69, 9.17) is 45.3 Å². The molecule has 0 saturated heterocycles. The first-order chi connectivity index (χ1) is 11.7. The van der Waals surface area contributed by atoms with E-state index in [2.05, 4.69) is 4.98 Å². The van der Waals surface area contributed by atoms with Gasteiger partial charge >= 0.3 is 11.7 Å². The molecule has 0 unspecified atom stereocenters. The van der Waals surface area contributed by atoms with E-state index in [9.17, 15) is 9.59 Å². The second-order valence-electron chi connectivity index (χ2n) is 5.14. The van der Waals surface area contributed by atoms with Gasteiger partial charge in [0.15, 0.2) is 6.10 Å². The van der Waals surface area contributed by atoms with Crippen LogP contribution in [0.4, 0.5) is 11.4 Å². The summed E-state index contributed by atoms with van der Waals surface area (Å²) in [4.78, 5) is 28.6. The monoisotopic (exact) mass is 402 g/mol. The van der Waals surface area contributed by atoms with E-state index >= 15 is 0 Å². The second-order valence-corrected chi connectivity index (χ2v) is 6.27. The van der Waals surface area contributed by atoms with Gasteiger partial charge in [-0.05, 0) is 30.7 Å². The van der Waals surface area contributed by atoms with Gasteiger partial charge in [-0.1, -0.05) is 41.4 Å². The molecule has 1 aromatic heterocycles. The third kappa shape index (κ3) is 4.15. The molecule has 1 aromatic carbocycles. The highest BCUT2D eigenvalue weighted by Gasteiger charge is 2.31. The van der Waals surface area contributed by atoms with E-state index < -0.39 is 18.0 Å². The number of halogens is 3. The van der Waals surface area contributed by atoms with Gasteiger partial charge < -0.3 is 15.4 Å². The molecule has 132 valence electrons. The molecule has 0 radical (unpaired) electrons. The van der Waals surface area contributed by atoms with Crippen molar-refractivity contribution in [2.75, 3.05) is 17.7 Å². The number of carbonyl (C=O) groups excluding carboxylic acids is 2. The fourth-order valence-electron chi connectivity index (χ4n) is 2.03. The summed E-state index contributed by atoms with van der Waals surface area (Å²) >= 11 is 17.7. The van der Waals surface area contributed by atoms with Crippen LogP contribution in [-0.2, 0) is 9.53 Å². The van der Waals surface area contributed by atoms with Gasteiger partial charge in [0, 0.05) is 12.7 Å². The van der Waals surface area contributed by atoms with Crippen molar-refractivity contribution in [1.82, 2.24) is 0 Å². The molecule has 0 aliphatic carbocycles. The Hall–Kier alpha value is -2.02. The molecule has 2 aromatic rings. The number of ether oxygens (including phenoxy) is 1. The van der Waals surface area contributed by atoms with Crippen LogP contribution in [0.15, 0.2) is 30.3 Å². The molecule has 2 rings (SSSR count). The molecule has 0 saturated carbocycles. The van der Waals surface area contributed by atoms with Crippen LogP contribution in [0.3, 0.4) is 0 Å². The Labute approximate surface area is 159 Å². The predicted molar refractivity (Wildman–Crippen MR) is 97.2 cm³/mol. The number of carbonyl (C=O) groups is 2. The second kappa shape index (κ2) is 7.91. The number of amides is 1. The predicted octanol–water partition coefficient (Wildman–Crippen LogP) is 3.25. The Morgan fingerprint density at radius 3 is 2.36 bits per heavy atom. The lowest BCUT2D eigenvalue weighted by molar-refractivity contribution is -0.380. The molecule has 1 amide bonds. The number of aromatic amines is 1. The molecule has 1 heterocycles. The maximum atomic E-state index is 12.4. The van der Waals surface area contributed by atoms with Gasteiger partial charge in [-0.3, -0.25) is 4.79 Å². The van der Waals surface area contributed by atoms with E-state index in [1.54, 1.807) is 31.3 Å². The van der Waals surface area contributed by atoms with Crippen LogP contribution in [0.5, 0.6) is 0 Å². The first-order valence-corrected chi connectivity index (χ1v) is 8.26. The minimum absolute atomic E-state index is 0.00356. The van der Waals surface area contributed by atoms with E-state index in [0.29, 0.717) is 5.69 Å². The average molecular weight is 404 g/mol. The van der Waals surface area contributed by atoms with E-state index in [0.717, 1.165) is 0 Å². The van der Waals surface area contributed by atoms with Gasteiger partial charge in [0.25, 0.3) is 11.1 Å². The molecule has 0 aliphatic heterocycles. The van der Waals surface area contributed by atoms with Crippen molar-refractivity contribution < 1.29 is 19.3 Å². The smallest absolute Gasteiger partial charge is 0.406 e. The highest BCUT2D eigenvalue weighted by molar-refractivity contribution is 6.45. The van der Waals surface area contributed by atoms with Crippen molar-refractivity contribution in [3.63, 3.8) is 0 Å². The average Bonchev–Trinajstić information content (AvgIpc) is 2.62. The number of aromatic nitrogens is 1. The zero-order valence-electron chi connectivity index (χ0n) is 13.3. The zero-order chi connectivity index (χ0) is 18.7. The number of nitrogens with two attached hydrogens (primary N) is 1. The minimum atomic E-state index is -1.06. The van der Waals surface area contributed by atoms with Gasteiger partial charge in [-0.25, -0.2) is 4.79 Å². The zero-order valence-corrected chi connectivity index (χ0v) is 15.6. The number of benzene rings is 1. The van der Waals surface area contributed by atoms with Crippen molar-refractivity contribution in [1.29, 1.82) is 0 Å². The number of nitrogens with one attached hydrogen (secondary N) is 1. The van der Waals surface area contributed by atoms with Crippen LogP contribution in [0, 0.1) is 0 Å². The fraction of sp³-hybridized carbons (Fsp3) is 0.188. The minimum Gasteiger partial charge on any atom is -0.445 e. The van der Waals surface area contributed by atoms with Crippen molar-refractivity contribution in [2.24, 2.45) is 0 Å². The molecule has 1 atom stereocenters. The Morgan fingerprint density at radius 2 is 1.76 bits per heavy atom. The number of H-pyrrole nitrogens is 1. The van der Waals surface area contributed by atoms with Gasteiger partial charge in [-0.15, -0.1) is 0 Å².